The molecule has 168 valence electrons. The van der Waals surface area contributed by atoms with Gasteiger partial charge in [-0.25, -0.2) is 4.79 Å². The van der Waals surface area contributed by atoms with Gasteiger partial charge in [0.2, 0.25) is 0 Å². The van der Waals surface area contributed by atoms with E-state index in [0.29, 0.717) is 22.9 Å². The molecule has 0 fully saturated rings. The van der Waals surface area contributed by atoms with Crippen molar-refractivity contribution in [2.75, 3.05) is 24.4 Å². The average molecular weight is 436 g/mol. The summed E-state index contributed by atoms with van der Waals surface area (Å²) >= 11 is 0. The number of benzene rings is 2. The van der Waals surface area contributed by atoms with Crippen molar-refractivity contribution in [1.29, 1.82) is 0 Å². The lowest BCUT2D eigenvalue weighted by molar-refractivity contribution is 0.256. The molecule has 0 saturated carbocycles. The first kappa shape index (κ1) is 21.7. The van der Waals surface area contributed by atoms with E-state index in [1.165, 1.54) is 6.42 Å². The van der Waals surface area contributed by atoms with E-state index in [1.54, 1.807) is 31.3 Å². The van der Waals surface area contributed by atoms with Gasteiger partial charge in [0.1, 0.15) is 17.3 Å². The number of nitrogens with zero attached hydrogens (tertiary/aromatic N) is 4. The number of anilines is 2. The molecule has 8 heteroatoms. The van der Waals surface area contributed by atoms with Gasteiger partial charge in [-0.1, -0.05) is 24.1 Å². The molecule has 1 aliphatic heterocycles. The Hall–Kier alpha value is -3.55. The Balaban J connectivity index is 1.71. The van der Waals surface area contributed by atoms with E-state index < -0.39 is 0 Å². The van der Waals surface area contributed by atoms with Crippen molar-refractivity contribution in [1.82, 2.24) is 14.8 Å². The molecule has 0 bridgehead atoms. The monoisotopic (exact) mass is 435 g/mol. The standard InChI is InChI=1S/C24H29N5O3/c1-17-8-10-18(11-9-17)25-24(30)29(20-15-19(31-2)12-13-21(20)32-3)16-23-27-26-22-7-5-4-6-14-28(22)23/h8-13,15H,4-7,14,16H2,1-3H3,(H,25,30). The fraction of sp³-hybridized carbons (Fsp3) is 0.375. The summed E-state index contributed by atoms with van der Waals surface area (Å²) in [6.45, 7) is 3.13. The largest absolute Gasteiger partial charge is 0.497 e. The Kier molecular flexibility index (Phi) is 6.58. The first-order chi connectivity index (χ1) is 15.6. The van der Waals surface area contributed by atoms with Gasteiger partial charge >= 0.3 is 6.03 Å². The van der Waals surface area contributed by atoms with Crippen molar-refractivity contribution >= 4 is 17.4 Å². The molecule has 8 nitrogen and oxygen atoms in total. The van der Waals surface area contributed by atoms with Crippen molar-refractivity contribution in [3.05, 3.63) is 59.7 Å². The molecule has 0 radical (unpaired) electrons. The molecule has 0 atom stereocenters. The lowest BCUT2D eigenvalue weighted by atomic mass is 10.2. The molecule has 2 amide bonds. The number of carbonyl (C=O) groups excluding carboxylic acids is 1. The minimum atomic E-state index is -0.286. The zero-order valence-electron chi connectivity index (χ0n) is 18.8. The molecular weight excluding hydrogens is 406 g/mol. The van der Waals surface area contributed by atoms with Crippen LogP contribution in [-0.4, -0.2) is 35.0 Å². The molecule has 2 heterocycles. The lowest BCUT2D eigenvalue weighted by Gasteiger charge is -2.25. The van der Waals surface area contributed by atoms with Crippen LogP contribution in [0.25, 0.3) is 0 Å². The first-order valence-electron chi connectivity index (χ1n) is 10.9. The molecule has 4 rings (SSSR count). The number of nitrogens with one attached hydrogen (secondary N) is 1. The van der Waals surface area contributed by atoms with Crippen LogP contribution >= 0.6 is 0 Å². The van der Waals surface area contributed by atoms with Gasteiger partial charge in [0.05, 0.1) is 26.5 Å². The number of methoxy groups -OCH3 is 2. The quantitative estimate of drug-likeness (QED) is 0.613. The third-order valence-corrected chi connectivity index (χ3v) is 5.71. The minimum absolute atomic E-state index is 0.258. The van der Waals surface area contributed by atoms with Crippen LogP contribution in [0.15, 0.2) is 42.5 Å². The number of aromatic nitrogens is 3. The number of carbonyl (C=O) groups is 1. The van der Waals surface area contributed by atoms with Crippen LogP contribution in [0.5, 0.6) is 11.5 Å². The molecular formula is C24H29N5O3. The van der Waals surface area contributed by atoms with Crippen LogP contribution in [0.2, 0.25) is 0 Å². The molecule has 32 heavy (non-hydrogen) atoms. The van der Waals surface area contributed by atoms with Gasteiger partial charge in [0, 0.05) is 24.7 Å². The average Bonchev–Trinajstić information content (AvgIpc) is 3.03. The highest BCUT2D eigenvalue weighted by molar-refractivity contribution is 6.02. The van der Waals surface area contributed by atoms with E-state index in [9.17, 15) is 4.79 Å². The number of fused-ring (bicyclic) bond motifs is 1. The molecule has 3 aromatic rings. The number of ether oxygens (including phenoxy) is 2. The smallest absolute Gasteiger partial charge is 0.326 e. The van der Waals surface area contributed by atoms with Crippen LogP contribution < -0.4 is 19.7 Å². The van der Waals surface area contributed by atoms with Crippen molar-refractivity contribution in [3.63, 3.8) is 0 Å². The summed E-state index contributed by atoms with van der Waals surface area (Å²) in [6.07, 6.45) is 4.27. The van der Waals surface area contributed by atoms with Gasteiger partial charge in [-0.05, 0) is 44.0 Å². The van der Waals surface area contributed by atoms with Crippen LogP contribution in [0, 0.1) is 6.92 Å². The fourth-order valence-corrected chi connectivity index (χ4v) is 3.91. The Morgan fingerprint density at radius 3 is 2.62 bits per heavy atom. The second-order valence-corrected chi connectivity index (χ2v) is 7.91. The van der Waals surface area contributed by atoms with Gasteiger partial charge in [0.15, 0.2) is 5.82 Å². The summed E-state index contributed by atoms with van der Waals surface area (Å²) in [4.78, 5) is 15.1. The van der Waals surface area contributed by atoms with Gasteiger partial charge < -0.3 is 19.4 Å². The van der Waals surface area contributed by atoms with Gasteiger partial charge in [-0.15, -0.1) is 10.2 Å². The van der Waals surface area contributed by atoms with E-state index in [0.717, 1.165) is 43.0 Å². The SMILES string of the molecule is COc1ccc(OC)c(N(Cc2nnc3n2CCCCC3)C(=O)Nc2ccc(C)cc2)c1. The highest BCUT2D eigenvalue weighted by Gasteiger charge is 2.25. The Morgan fingerprint density at radius 1 is 1.06 bits per heavy atom. The molecule has 0 saturated heterocycles. The van der Waals surface area contributed by atoms with E-state index in [4.69, 9.17) is 9.47 Å². The summed E-state index contributed by atoms with van der Waals surface area (Å²) < 4.78 is 13.1. The summed E-state index contributed by atoms with van der Waals surface area (Å²) in [5.41, 5.74) is 2.44. The number of urea groups is 1. The van der Waals surface area contributed by atoms with Crippen molar-refractivity contribution in [2.45, 2.75) is 45.7 Å². The number of hydrogen-bond acceptors (Lipinski definition) is 5. The molecule has 1 aliphatic rings. The Bertz CT molecular complexity index is 1080. The highest BCUT2D eigenvalue weighted by Crippen LogP contribution is 2.34. The van der Waals surface area contributed by atoms with Gasteiger partial charge in [-0.2, -0.15) is 0 Å². The number of aryl methyl sites for hydroxylation is 2. The van der Waals surface area contributed by atoms with Crippen LogP contribution in [0.1, 0.15) is 36.5 Å². The van der Waals surface area contributed by atoms with Crippen LogP contribution in [-0.2, 0) is 19.5 Å². The molecule has 1 aromatic heterocycles. The zero-order valence-corrected chi connectivity index (χ0v) is 18.8. The van der Waals surface area contributed by atoms with E-state index in [1.807, 2.05) is 37.3 Å². The van der Waals surface area contributed by atoms with E-state index >= 15 is 0 Å². The maximum Gasteiger partial charge on any atom is 0.326 e. The van der Waals surface area contributed by atoms with Gasteiger partial charge in [0.25, 0.3) is 0 Å². The van der Waals surface area contributed by atoms with Crippen LogP contribution in [0.3, 0.4) is 0 Å². The second kappa shape index (κ2) is 9.72. The van der Waals surface area contributed by atoms with Gasteiger partial charge in [-0.3, -0.25) is 4.90 Å². The molecule has 0 spiro atoms. The molecule has 2 aromatic carbocycles. The predicted octanol–water partition coefficient (Wildman–Crippen LogP) is 4.57. The molecule has 1 N–H and O–H groups in total. The first-order valence-corrected chi connectivity index (χ1v) is 10.9. The third kappa shape index (κ3) is 4.69. The minimum Gasteiger partial charge on any atom is -0.497 e. The predicted molar refractivity (Wildman–Crippen MR) is 124 cm³/mol. The van der Waals surface area contributed by atoms with E-state index in [-0.39, 0.29) is 12.6 Å². The molecule has 0 aliphatic carbocycles. The number of rotatable bonds is 6. The fourth-order valence-electron chi connectivity index (χ4n) is 3.91. The summed E-state index contributed by atoms with van der Waals surface area (Å²) in [7, 11) is 3.19. The topological polar surface area (TPSA) is 81.5 Å². The number of hydrogen-bond donors (Lipinski definition) is 1. The summed E-state index contributed by atoms with van der Waals surface area (Å²) in [6, 6.07) is 12.8. The van der Waals surface area contributed by atoms with Crippen LogP contribution in [0.4, 0.5) is 16.2 Å². The molecule has 0 unspecified atom stereocenters. The van der Waals surface area contributed by atoms with E-state index in [2.05, 4.69) is 20.1 Å². The normalized spacial score (nSPS) is 13.1. The lowest BCUT2D eigenvalue weighted by Crippen LogP contribution is -2.36. The van der Waals surface area contributed by atoms with Crippen molar-refractivity contribution in [3.8, 4) is 11.5 Å². The summed E-state index contributed by atoms with van der Waals surface area (Å²) in [5, 5.41) is 11.8. The Labute approximate surface area is 188 Å². The Morgan fingerprint density at radius 2 is 1.88 bits per heavy atom. The van der Waals surface area contributed by atoms with Crippen molar-refractivity contribution < 1.29 is 14.3 Å². The summed E-state index contributed by atoms with van der Waals surface area (Å²) in [5.74, 6) is 2.94. The number of amides is 2. The maximum absolute atomic E-state index is 13.5. The second-order valence-electron chi connectivity index (χ2n) is 7.91. The zero-order chi connectivity index (χ0) is 22.5. The third-order valence-electron chi connectivity index (χ3n) is 5.71. The highest BCUT2D eigenvalue weighted by atomic mass is 16.5. The maximum atomic E-state index is 13.5. The van der Waals surface area contributed by atoms with Crippen molar-refractivity contribution in [2.24, 2.45) is 0 Å².